The molecule has 0 radical (unpaired) electrons. The average Bonchev–Trinajstić information content (AvgIpc) is 2.68. The van der Waals surface area contributed by atoms with Gasteiger partial charge in [-0.3, -0.25) is 0 Å². The molecule has 3 nitrogen and oxygen atoms in total. The molecule has 0 aliphatic rings. The van der Waals surface area contributed by atoms with Gasteiger partial charge in [-0.1, -0.05) is 75.0 Å². The fourth-order valence-electron chi connectivity index (χ4n) is 2.40. The Labute approximate surface area is 166 Å². The number of allylic oxidation sites excluding steroid dienone is 9. The zero-order chi connectivity index (χ0) is 20.0. The normalized spacial score (nSPS) is 12.4. The lowest BCUT2D eigenvalue weighted by Crippen LogP contribution is -2.21. The Morgan fingerprint density at radius 1 is 0.778 bits per heavy atom. The van der Waals surface area contributed by atoms with Crippen molar-refractivity contribution in [3.8, 4) is 0 Å². The van der Waals surface area contributed by atoms with Crippen molar-refractivity contribution in [1.29, 1.82) is 0 Å². The van der Waals surface area contributed by atoms with Gasteiger partial charge in [0.05, 0.1) is 19.0 Å². The molecule has 0 rings (SSSR count). The standard InChI is InChI=1S/C24H40O3/c1-3-4-5-6-7-8-9-10-11-12-13-14-15-16-17-18-19-20-23(2)27-24(21-25)22-26/h7-8,10-11,13-14,16-17,24-26H,2-6,9,12,15,18-22H2,1H3/b8-7-,11-10-,14-13-,17-16-. The van der Waals surface area contributed by atoms with Gasteiger partial charge in [0.2, 0.25) is 0 Å². The predicted octanol–water partition coefficient (Wildman–Crippen LogP) is 6.02. The summed E-state index contributed by atoms with van der Waals surface area (Å²) in [5.41, 5.74) is 0. The summed E-state index contributed by atoms with van der Waals surface area (Å²) in [4.78, 5) is 0. The van der Waals surface area contributed by atoms with E-state index >= 15 is 0 Å². The monoisotopic (exact) mass is 376 g/mol. The Hall–Kier alpha value is -1.58. The molecule has 154 valence electrons. The van der Waals surface area contributed by atoms with Gasteiger partial charge in [0.1, 0.15) is 6.10 Å². The highest BCUT2D eigenvalue weighted by Crippen LogP contribution is 2.10. The van der Waals surface area contributed by atoms with Crippen LogP contribution in [0.5, 0.6) is 0 Å². The molecule has 0 saturated carbocycles. The molecule has 0 atom stereocenters. The summed E-state index contributed by atoms with van der Waals surface area (Å²) in [5.74, 6) is 0.624. The average molecular weight is 377 g/mol. The van der Waals surface area contributed by atoms with E-state index in [-0.39, 0.29) is 13.2 Å². The molecule has 27 heavy (non-hydrogen) atoms. The summed E-state index contributed by atoms with van der Waals surface area (Å²) >= 11 is 0. The third-order valence-electron chi connectivity index (χ3n) is 4.02. The molecule has 0 aromatic carbocycles. The molecule has 0 amide bonds. The minimum absolute atomic E-state index is 0.188. The van der Waals surface area contributed by atoms with Crippen LogP contribution >= 0.6 is 0 Å². The second-order valence-electron chi connectivity index (χ2n) is 6.62. The van der Waals surface area contributed by atoms with Crippen LogP contribution in [-0.2, 0) is 4.74 Å². The van der Waals surface area contributed by atoms with Gasteiger partial charge < -0.3 is 14.9 Å². The molecular weight excluding hydrogens is 336 g/mol. The minimum atomic E-state index is -0.547. The van der Waals surface area contributed by atoms with E-state index in [0.29, 0.717) is 5.76 Å². The number of aliphatic hydroxyl groups excluding tert-OH is 2. The van der Waals surface area contributed by atoms with Crippen LogP contribution in [0.25, 0.3) is 0 Å². The number of unbranched alkanes of at least 4 members (excludes halogenated alkanes) is 4. The summed E-state index contributed by atoms with van der Waals surface area (Å²) in [6.45, 7) is 5.67. The van der Waals surface area contributed by atoms with Gasteiger partial charge in [0.15, 0.2) is 0 Å². The number of rotatable bonds is 18. The lowest BCUT2D eigenvalue weighted by molar-refractivity contribution is 0.0147. The summed E-state index contributed by atoms with van der Waals surface area (Å²) in [7, 11) is 0. The van der Waals surface area contributed by atoms with Crippen LogP contribution in [0.1, 0.15) is 71.1 Å². The molecule has 0 aliphatic heterocycles. The van der Waals surface area contributed by atoms with E-state index in [1.165, 1.54) is 25.7 Å². The minimum Gasteiger partial charge on any atom is -0.491 e. The van der Waals surface area contributed by atoms with Crippen molar-refractivity contribution in [2.24, 2.45) is 0 Å². The van der Waals surface area contributed by atoms with Gasteiger partial charge in [0, 0.05) is 6.42 Å². The molecule has 0 fully saturated rings. The first-order valence-corrected chi connectivity index (χ1v) is 10.4. The van der Waals surface area contributed by atoms with E-state index in [0.717, 1.165) is 38.5 Å². The Morgan fingerprint density at radius 3 is 1.74 bits per heavy atom. The molecule has 3 heteroatoms. The van der Waals surface area contributed by atoms with Crippen LogP contribution in [0.2, 0.25) is 0 Å². The van der Waals surface area contributed by atoms with Crippen molar-refractivity contribution >= 4 is 0 Å². The number of hydrogen-bond donors (Lipinski definition) is 2. The molecule has 0 aromatic rings. The van der Waals surface area contributed by atoms with Crippen molar-refractivity contribution in [2.45, 2.75) is 77.2 Å². The Kier molecular flexibility index (Phi) is 19.5. The largest absolute Gasteiger partial charge is 0.491 e. The molecule has 0 aromatic heterocycles. The SMILES string of the molecule is C=C(CCC/C=C\C/C=C\C/C=C\C/C=C\CCCCC)OC(CO)CO. The molecule has 0 saturated heterocycles. The predicted molar refractivity (Wildman–Crippen MR) is 117 cm³/mol. The van der Waals surface area contributed by atoms with Gasteiger partial charge in [-0.2, -0.15) is 0 Å². The van der Waals surface area contributed by atoms with E-state index in [1.54, 1.807) is 0 Å². The summed E-state index contributed by atoms with van der Waals surface area (Å²) in [6, 6.07) is 0. The molecule has 2 N–H and O–H groups in total. The van der Waals surface area contributed by atoms with Crippen molar-refractivity contribution < 1.29 is 14.9 Å². The maximum atomic E-state index is 8.94. The van der Waals surface area contributed by atoms with Crippen LogP contribution in [0.3, 0.4) is 0 Å². The van der Waals surface area contributed by atoms with Crippen molar-refractivity contribution in [3.05, 3.63) is 60.9 Å². The van der Waals surface area contributed by atoms with Gasteiger partial charge in [-0.15, -0.1) is 0 Å². The first kappa shape index (κ1) is 25.4. The summed E-state index contributed by atoms with van der Waals surface area (Å²) in [5, 5.41) is 17.9. The Morgan fingerprint density at radius 2 is 1.26 bits per heavy atom. The first-order valence-electron chi connectivity index (χ1n) is 10.4. The second kappa shape index (κ2) is 20.7. The maximum Gasteiger partial charge on any atom is 0.144 e. The summed E-state index contributed by atoms with van der Waals surface area (Å²) in [6.07, 6.45) is 28.0. The first-order chi connectivity index (χ1) is 13.2. The second-order valence-corrected chi connectivity index (χ2v) is 6.62. The van der Waals surface area contributed by atoms with Crippen molar-refractivity contribution in [2.75, 3.05) is 13.2 Å². The topological polar surface area (TPSA) is 49.7 Å². The fraction of sp³-hybridized carbons (Fsp3) is 0.583. The van der Waals surface area contributed by atoms with E-state index in [9.17, 15) is 0 Å². The molecule has 0 unspecified atom stereocenters. The summed E-state index contributed by atoms with van der Waals surface area (Å²) < 4.78 is 5.34. The van der Waals surface area contributed by atoms with Crippen LogP contribution in [-0.4, -0.2) is 29.5 Å². The number of ether oxygens (including phenoxy) is 1. The number of hydrogen-bond acceptors (Lipinski definition) is 3. The molecule has 0 aliphatic carbocycles. The lowest BCUT2D eigenvalue weighted by Gasteiger charge is -2.15. The molecule has 0 spiro atoms. The van der Waals surface area contributed by atoms with E-state index < -0.39 is 6.10 Å². The van der Waals surface area contributed by atoms with Gasteiger partial charge in [0.25, 0.3) is 0 Å². The van der Waals surface area contributed by atoms with Crippen molar-refractivity contribution in [1.82, 2.24) is 0 Å². The lowest BCUT2D eigenvalue weighted by atomic mass is 10.2. The third kappa shape index (κ3) is 19.0. The third-order valence-corrected chi connectivity index (χ3v) is 4.02. The van der Waals surface area contributed by atoms with Crippen LogP contribution in [0.4, 0.5) is 0 Å². The van der Waals surface area contributed by atoms with Crippen LogP contribution in [0, 0.1) is 0 Å². The van der Waals surface area contributed by atoms with E-state index in [1.807, 2.05) is 0 Å². The van der Waals surface area contributed by atoms with E-state index in [4.69, 9.17) is 14.9 Å². The van der Waals surface area contributed by atoms with E-state index in [2.05, 4.69) is 62.1 Å². The van der Waals surface area contributed by atoms with Gasteiger partial charge >= 0.3 is 0 Å². The molecule has 0 bridgehead atoms. The highest BCUT2D eigenvalue weighted by atomic mass is 16.5. The zero-order valence-electron chi connectivity index (χ0n) is 17.2. The molecule has 0 heterocycles. The van der Waals surface area contributed by atoms with Crippen LogP contribution < -0.4 is 0 Å². The number of aliphatic hydroxyl groups is 2. The van der Waals surface area contributed by atoms with Gasteiger partial charge in [-0.25, -0.2) is 0 Å². The highest BCUT2D eigenvalue weighted by Gasteiger charge is 2.07. The zero-order valence-corrected chi connectivity index (χ0v) is 17.2. The smallest absolute Gasteiger partial charge is 0.144 e. The van der Waals surface area contributed by atoms with Crippen LogP contribution in [0.15, 0.2) is 60.9 Å². The highest BCUT2D eigenvalue weighted by molar-refractivity contribution is 4.99. The van der Waals surface area contributed by atoms with Gasteiger partial charge in [-0.05, 0) is 44.9 Å². The fourth-order valence-corrected chi connectivity index (χ4v) is 2.40. The maximum absolute atomic E-state index is 8.94. The Bertz CT molecular complexity index is 443. The quantitative estimate of drug-likeness (QED) is 0.175. The Balaban J connectivity index is 3.55. The molecular formula is C24H40O3. The van der Waals surface area contributed by atoms with Crippen molar-refractivity contribution in [3.63, 3.8) is 0 Å².